The molecule has 130 valence electrons. The van der Waals surface area contributed by atoms with E-state index in [0.29, 0.717) is 5.56 Å². The van der Waals surface area contributed by atoms with E-state index in [-0.39, 0.29) is 5.69 Å². The molecule has 1 aliphatic heterocycles. The standard InChI is InChI=1S/C11H12N4O2.C2HF3O2/c12-8-9-7-10(15(16)17)1-2-11(9)14-5-3-13-4-6-14;3-2(4,5)1(6)7/h1-2,7,13H,3-6H2;(H,6,7). The first kappa shape index (κ1) is 19.2. The summed E-state index contributed by atoms with van der Waals surface area (Å²) < 4.78 is 31.7. The molecule has 0 amide bonds. The highest BCUT2D eigenvalue weighted by Crippen LogP contribution is 2.25. The van der Waals surface area contributed by atoms with Gasteiger partial charge in [-0.3, -0.25) is 10.1 Å². The van der Waals surface area contributed by atoms with Gasteiger partial charge in [0.1, 0.15) is 6.07 Å². The van der Waals surface area contributed by atoms with Crippen LogP contribution >= 0.6 is 0 Å². The summed E-state index contributed by atoms with van der Waals surface area (Å²) in [4.78, 5) is 21.1. The number of aliphatic carboxylic acids is 1. The Labute approximate surface area is 134 Å². The molecule has 1 saturated heterocycles. The maximum absolute atomic E-state index is 10.6. The molecule has 0 bridgehead atoms. The van der Waals surface area contributed by atoms with Crippen LogP contribution in [-0.4, -0.2) is 48.4 Å². The lowest BCUT2D eigenvalue weighted by Gasteiger charge is -2.29. The smallest absolute Gasteiger partial charge is 0.475 e. The fraction of sp³-hybridized carbons (Fsp3) is 0.385. The zero-order valence-corrected chi connectivity index (χ0v) is 12.2. The van der Waals surface area contributed by atoms with Crippen molar-refractivity contribution in [3.8, 4) is 6.07 Å². The van der Waals surface area contributed by atoms with E-state index in [1.165, 1.54) is 12.1 Å². The monoisotopic (exact) mass is 346 g/mol. The molecule has 1 aromatic rings. The molecule has 0 atom stereocenters. The third kappa shape index (κ3) is 5.40. The molecule has 0 aromatic heterocycles. The van der Waals surface area contributed by atoms with Crippen LogP contribution in [0.25, 0.3) is 0 Å². The highest BCUT2D eigenvalue weighted by molar-refractivity contribution is 5.73. The van der Waals surface area contributed by atoms with Crippen molar-refractivity contribution in [2.75, 3.05) is 31.1 Å². The Morgan fingerprint density at radius 2 is 1.92 bits per heavy atom. The van der Waals surface area contributed by atoms with E-state index in [2.05, 4.69) is 10.2 Å². The van der Waals surface area contributed by atoms with E-state index in [1.54, 1.807) is 6.07 Å². The largest absolute Gasteiger partial charge is 0.490 e. The Morgan fingerprint density at radius 1 is 1.38 bits per heavy atom. The number of non-ortho nitro benzene ring substituents is 1. The van der Waals surface area contributed by atoms with Gasteiger partial charge in [-0.05, 0) is 6.07 Å². The number of nitro benzene ring substituents is 1. The Bertz CT molecular complexity index is 652. The summed E-state index contributed by atoms with van der Waals surface area (Å²) >= 11 is 0. The second kappa shape index (κ2) is 8.11. The molecule has 1 aliphatic rings. The number of alkyl halides is 3. The van der Waals surface area contributed by atoms with E-state index in [9.17, 15) is 23.3 Å². The molecule has 0 radical (unpaired) electrons. The van der Waals surface area contributed by atoms with Crippen molar-refractivity contribution in [2.45, 2.75) is 6.18 Å². The molecular weight excluding hydrogens is 333 g/mol. The van der Waals surface area contributed by atoms with Crippen LogP contribution in [0.1, 0.15) is 5.56 Å². The summed E-state index contributed by atoms with van der Waals surface area (Å²) in [6, 6.07) is 6.45. The van der Waals surface area contributed by atoms with Crippen LogP contribution in [-0.2, 0) is 4.79 Å². The highest BCUT2D eigenvalue weighted by Gasteiger charge is 2.38. The number of halogens is 3. The van der Waals surface area contributed by atoms with Crippen LogP contribution in [0.3, 0.4) is 0 Å². The van der Waals surface area contributed by atoms with Crippen molar-refractivity contribution in [1.29, 1.82) is 5.26 Å². The highest BCUT2D eigenvalue weighted by atomic mass is 19.4. The van der Waals surface area contributed by atoms with Gasteiger partial charge in [0.25, 0.3) is 5.69 Å². The SMILES string of the molecule is N#Cc1cc([N+](=O)[O-])ccc1N1CCNCC1.O=C(O)C(F)(F)F. The van der Waals surface area contributed by atoms with E-state index in [4.69, 9.17) is 15.2 Å². The van der Waals surface area contributed by atoms with Crippen molar-refractivity contribution in [3.05, 3.63) is 33.9 Å². The maximum atomic E-state index is 10.6. The number of benzene rings is 1. The van der Waals surface area contributed by atoms with Crippen LogP contribution < -0.4 is 10.2 Å². The number of nitrogens with one attached hydrogen (secondary N) is 1. The lowest BCUT2D eigenvalue weighted by Crippen LogP contribution is -2.43. The van der Waals surface area contributed by atoms with Crippen molar-refractivity contribution < 1.29 is 28.0 Å². The minimum Gasteiger partial charge on any atom is -0.475 e. The molecule has 0 spiro atoms. The fourth-order valence-electron chi connectivity index (χ4n) is 1.91. The Hall–Kier alpha value is -2.87. The first-order chi connectivity index (χ1) is 11.2. The van der Waals surface area contributed by atoms with Crippen molar-refractivity contribution >= 4 is 17.3 Å². The van der Waals surface area contributed by atoms with Gasteiger partial charge in [-0.25, -0.2) is 4.79 Å². The minimum absolute atomic E-state index is 0.0413. The Morgan fingerprint density at radius 3 is 2.33 bits per heavy atom. The first-order valence-corrected chi connectivity index (χ1v) is 6.61. The third-order valence-electron chi connectivity index (χ3n) is 3.01. The fourth-order valence-corrected chi connectivity index (χ4v) is 1.91. The predicted molar refractivity (Wildman–Crippen MR) is 76.6 cm³/mol. The number of rotatable bonds is 2. The zero-order chi connectivity index (χ0) is 18.3. The number of carboxylic acids is 1. The lowest BCUT2D eigenvalue weighted by molar-refractivity contribution is -0.384. The average molecular weight is 346 g/mol. The van der Waals surface area contributed by atoms with Crippen molar-refractivity contribution in [2.24, 2.45) is 0 Å². The number of anilines is 1. The summed E-state index contributed by atoms with van der Waals surface area (Å²) in [5, 5.41) is 30.0. The molecule has 1 fully saturated rings. The average Bonchev–Trinajstić information content (AvgIpc) is 2.54. The van der Waals surface area contributed by atoms with Gasteiger partial charge >= 0.3 is 12.1 Å². The molecule has 24 heavy (non-hydrogen) atoms. The van der Waals surface area contributed by atoms with Gasteiger partial charge in [-0.2, -0.15) is 18.4 Å². The second-order valence-electron chi connectivity index (χ2n) is 4.61. The van der Waals surface area contributed by atoms with Gasteiger partial charge in [-0.15, -0.1) is 0 Å². The van der Waals surface area contributed by atoms with Gasteiger partial charge in [0.2, 0.25) is 0 Å². The van der Waals surface area contributed by atoms with E-state index < -0.39 is 17.1 Å². The molecule has 0 aliphatic carbocycles. The lowest BCUT2D eigenvalue weighted by atomic mass is 10.1. The minimum atomic E-state index is -5.08. The number of nitrogens with zero attached hydrogens (tertiary/aromatic N) is 3. The molecule has 2 N–H and O–H groups in total. The van der Waals surface area contributed by atoms with E-state index >= 15 is 0 Å². The van der Waals surface area contributed by atoms with Gasteiger partial charge in [-0.1, -0.05) is 0 Å². The van der Waals surface area contributed by atoms with Gasteiger partial charge in [0.05, 0.1) is 16.2 Å². The number of hydrogen-bond acceptors (Lipinski definition) is 6. The second-order valence-corrected chi connectivity index (χ2v) is 4.61. The molecular formula is C13H13F3N4O4. The summed E-state index contributed by atoms with van der Waals surface area (Å²) in [7, 11) is 0. The summed E-state index contributed by atoms with van der Waals surface area (Å²) in [6.07, 6.45) is -5.08. The van der Waals surface area contributed by atoms with E-state index in [0.717, 1.165) is 31.9 Å². The number of carbonyl (C=O) groups is 1. The topological polar surface area (TPSA) is 119 Å². The molecule has 8 nitrogen and oxygen atoms in total. The number of piperazine rings is 1. The first-order valence-electron chi connectivity index (χ1n) is 6.61. The maximum Gasteiger partial charge on any atom is 0.490 e. The predicted octanol–water partition coefficient (Wildman–Crippen LogP) is 1.51. The molecule has 0 unspecified atom stereocenters. The molecule has 1 heterocycles. The van der Waals surface area contributed by atoms with Crippen LogP contribution in [0.2, 0.25) is 0 Å². The Balaban J connectivity index is 0.000000351. The summed E-state index contributed by atoms with van der Waals surface area (Å²) in [5.41, 5.74) is 1.10. The van der Waals surface area contributed by atoms with E-state index in [1.807, 2.05) is 6.07 Å². The Kier molecular flexibility index (Phi) is 6.48. The number of nitriles is 1. The summed E-state index contributed by atoms with van der Waals surface area (Å²) in [5.74, 6) is -2.76. The van der Waals surface area contributed by atoms with Crippen molar-refractivity contribution in [3.63, 3.8) is 0 Å². The van der Waals surface area contributed by atoms with Gasteiger partial charge in [0.15, 0.2) is 0 Å². The molecule has 0 saturated carbocycles. The van der Waals surface area contributed by atoms with Gasteiger partial charge < -0.3 is 15.3 Å². The number of hydrogen-bond donors (Lipinski definition) is 2. The van der Waals surface area contributed by atoms with Crippen LogP contribution in [0.4, 0.5) is 24.5 Å². The third-order valence-corrected chi connectivity index (χ3v) is 3.01. The van der Waals surface area contributed by atoms with Crippen molar-refractivity contribution in [1.82, 2.24) is 5.32 Å². The number of carboxylic acid groups (broad SMARTS) is 1. The van der Waals surface area contributed by atoms with Crippen LogP contribution in [0.5, 0.6) is 0 Å². The summed E-state index contributed by atoms with van der Waals surface area (Å²) in [6.45, 7) is 3.35. The zero-order valence-electron chi connectivity index (χ0n) is 12.2. The van der Waals surface area contributed by atoms with Crippen LogP contribution in [0, 0.1) is 21.4 Å². The normalized spacial score (nSPS) is 14.2. The van der Waals surface area contributed by atoms with Crippen LogP contribution in [0.15, 0.2) is 18.2 Å². The molecule has 1 aromatic carbocycles. The molecule has 11 heteroatoms. The number of nitro groups is 1. The van der Waals surface area contributed by atoms with Gasteiger partial charge in [0, 0.05) is 38.3 Å². The quantitative estimate of drug-likeness (QED) is 0.615. The molecule has 2 rings (SSSR count).